The Morgan fingerprint density at radius 1 is 1.22 bits per heavy atom. The second-order valence-corrected chi connectivity index (χ2v) is 6.15. The van der Waals surface area contributed by atoms with Crippen molar-refractivity contribution in [2.75, 3.05) is 13.1 Å². The van der Waals surface area contributed by atoms with Crippen LogP contribution in [0.5, 0.6) is 0 Å². The van der Waals surface area contributed by atoms with Crippen molar-refractivity contribution in [2.24, 2.45) is 5.73 Å². The maximum atomic E-state index is 11.8. The molecule has 1 aliphatic heterocycles. The number of halogens is 2. The van der Waals surface area contributed by atoms with Gasteiger partial charge < -0.3 is 11.1 Å². The number of amides is 1. The summed E-state index contributed by atoms with van der Waals surface area (Å²) in [5, 5.41) is 3.10. The zero-order valence-corrected chi connectivity index (χ0v) is 15.5. The minimum atomic E-state index is -0.0665. The highest BCUT2D eigenvalue weighted by Gasteiger charge is 2.24. The summed E-state index contributed by atoms with van der Waals surface area (Å²) in [5.74, 6) is 0.0829. The Morgan fingerprint density at radius 2 is 1.78 bits per heavy atom. The topological polar surface area (TPSA) is 58.4 Å². The van der Waals surface area contributed by atoms with Gasteiger partial charge >= 0.3 is 0 Å². The molecule has 1 aliphatic rings. The summed E-state index contributed by atoms with van der Waals surface area (Å²) >= 11 is 0. The summed E-state index contributed by atoms with van der Waals surface area (Å²) in [6.07, 6.45) is 2.45. The van der Waals surface area contributed by atoms with Gasteiger partial charge in [-0.05, 0) is 32.3 Å². The van der Waals surface area contributed by atoms with Crippen LogP contribution in [0.3, 0.4) is 0 Å². The Bertz CT molecular complexity index is 448. The van der Waals surface area contributed by atoms with Crippen LogP contribution in [0, 0.1) is 0 Å². The molecule has 1 fully saturated rings. The summed E-state index contributed by atoms with van der Waals surface area (Å²) < 4.78 is 0. The molecule has 0 aromatic heterocycles. The molecule has 3 N–H and O–H groups in total. The number of rotatable bonds is 5. The van der Waals surface area contributed by atoms with E-state index in [-0.39, 0.29) is 36.8 Å². The summed E-state index contributed by atoms with van der Waals surface area (Å²) in [5.41, 5.74) is 7.01. The summed E-state index contributed by atoms with van der Waals surface area (Å²) in [4.78, 5) is 14.2. The zero-order chi connectivity index (χ0) is 15.2. The van der Waals surface area contributed by atoms with Gasteiger partial charge in [0.15, 0.2) is 0 Å². The van der Waals surface area contributed by atoms with Gasteiger partial charge in [-0.3, -0.25) is 9.69 Å². The lowest BCUT2D eigenvalue weighted by Crippen LogP contribution is -2.46. The molecular weight excluding hydrogens is 333 g/mol. The predicted octanol–water partition coefficient (Wildman–Crippen LogP) is 2.91. The minimum Gasteiger partial charge on any atom is -0.353 e. The first-order valence-corrected chi connectivity index (χ1v) is 7.90. The summed E-state index contributed by atoms with van der Waals surface area (Å²) in [6.45, 7) is 6.17. The lowest BCUT2D eigenvalue weighted by atomic mass is 10.00. The van der Waals surface area contributed by atoms with Crippen molar-refractivity contribution in [1.29, 1.82) is 0 Å². The van der Waals surface area contributed by atoms with Crippen LogP contribution in [0.2, 0.25) is 0 Å². The van der Waals surface area contributed by atoms with Crippen LogP contribution in [0.25, 0.3) is 0 Å². The molecule has 132 valence electrons. The van der Waals surface area contributed by atoms with Crippen LogP contribution in [0.4, 0.5) is 0 Å². The van der Waals surface area contributed by atoms with E-state index in [0.29, 0.717) is 18.5 Å². The molecule has 1 aromatic carbocycles. The van der Waals surface area contributed by atoms with Gasteiger partial charge in [0.1, 0.15) is 0 Å². The molecule has 2 atom stereocenters. The Balaban J connectivity index is 0.00000242. The van der Waals surface area contributed by atoms with E-state index >= 15 is 0 Å². The number of benzene rings is 1. The fourth-order valence-electron chi connectivity index (χ4n) is 2.95. The molecule has 23 heavy (non-hydrogen) atoms. The third kappa shape index (κ3) is 7.08. The number of piperidine rings is 1. The van der Waals surface area contributed by atoms with Gasteiger partial charge in [0.05, 0.1) is 0 Å². The number of hydrogen-bond donors (Lipinski definition) is 2. The molecule has 0 saturated carbocycles. The summed E-state index contributed by atoms with van der Waals surface area (Å²) in [6, 6.07) is 11.3. The fraction of sp³-hybridized carbons (Fsp3) is 0.588. The number of carbonyl (C=O) groups is 1. The predicted molar refractivity (Wildman–Crippen MR) is 100 cm³/mol. The third-order valence-corrected chi connectivity index (χ3v) is 4.23. The maximum absolute atomic E-state index is 11.8. The Kier molecular flexibility index (Phi) is 10.5. The largest absolute Gasteiger partial charge is 0.353 e. The van der Waals surface area contributed by atoms with Gasteiger partial charge in [-0.15, -0.1) is 24.8 Å². The molecule has 0 radical (unpaired) electrons. The molecule has 1 amide bonds. The molecule has 6 heteroatoms. The van der Waals surface area contributed by atoms with Gasteiger partial charge in [0.2, 0.25) is 5.91 Å². The van der Waals surface area contributed by atoms with Crippen molar-refractivity contribution < 1.29 is 4.79 Å². The fourth-order valence-corrected chi connectivity index (χ4v) is 2.95. The number of nitrogens with zero attached hydrogens (tertiary/aromatic N) is 1. The van der Waals surface area contributed by atoms with Crippen molar-refractivity contribution in [2.45, 2.75) is 51.2 Å². The van der Waals surface area contributed by atoms with Crippen LogP contribution in [-0.2, 0) is 4.79 Å². The number of hydrogen-bond acceptors (Lipinski definition) is 3. The number of nitrogens with one attached hydrogen (secondary N) is 1. The number of likely N-dealkylation sites (tertiary alicyclic amines) is 1. The third-order valence-electron chi connectivity index (χ3n) is 4.23. The number of carbonyl (C=O) groups excluding carboxylic acids is 1. The van der Waals surface area contributed by atoms with Gasteiger partial charge in [0, 0.05) is 37.6 Å². The van der Waals surface area contributed by atoms with Crippen molar-refractivity contribution in [3.63, 3.8) is 0 Å². The number of nitrogens with two attached hydrogens (primary N) is 1. The maximum Gasteiger partial charge on any atom is 0.221 e. The highest BCUT2D eigenvalue weighted by atomic mass is 35.5. The monoisotopic (exact) mass is 361 g/mol. The Hall–Kier alpha value is -0.810. The highest BCUT2D eigenvalue weighted by Crippen LogP contribution is 2.23. The van der Waals surface area contributed by atoms with Crippen LogP contribution >= 0.6 is 24.8 Å². The molecule has 2 unspecified atom stereocenters. The molecule has 0 aliphatic carbocycles. The van der Waals surface area contributed by atoms with Gasteiger partial charge in [-0.2, -0.15) is 0 Å². The SMILES string of the molecule is CC(N)CC(=O)NC1CCN(C(C)c2ccccc2)CC1.Cl.Cl. The van der Waals surface area contributed by atoms with Crippen LogP contribution in [-0.4, -0.2) is 36.0 Å². The van der Waals surface area contributed by atoms with Crippen molar-refractivity contribution in [1.82, 2.24) is 10.2 Å². The lowest BCUT2D eigenvalue weighted by molar-refractivity contribution is -0.122. The van der Waals surface area contributed by atoms with E-state index in [0.717, 1.165) is 25.9 Å². The highest BCUT2D eigenvalue weighted by molar-refractivity contribution is 5.85. The van der Waals surface area contributed by atoms with E-state index in [9.17, 15) is 4.79 Å². The van der Waals surface area contributed by atoms with E-state index < -0.39 is 0 Å². The van der Waals surface area contributed by atoms with E-state index in [1.165, 1.54) is 5.56 Å². The van der Waals surface area contributed by atoms with E-state index in [4.69, 9.17) is 5.73 Å². The van der Waals surface area contributed by atoms with Crippen LogP contribution in [0.1, 0.15) is 44.7 Å². The normalized spacial score (nSPS) is 18.2. The first-order valence-electron chi connectivity index (χ1n) is 7.90. The molecule has 0 bridgehead atoms. The van der Waals surface area contributed by atoms with Crippen LogP contribution in [0.15, 0.2) is 30.3 Å². The molecular formula is C17H29Cl2N3O. The van der Waals surface area contributed by atoms with Crippen molar-refractivity contribution in [3.05, 3.63) is 35.9 Å². The van der Waals surface area contributed by atoms with Crippen LogP contribution < -0.4 is 11.1 Å². The molecule has 0 spiro atoms. The second-order valence-electron chi connectivity index (χ2n) is 6.15. The van der Waals surface area contributed by atoms with E-state index in [1.54, 1.807) is 0 Å². The standard InChI is InChI=1S/C17H27N3O.2ClH/c1-13(18)12-17(21)19-16-8-10-20(11-9-16)14(2)15-6-4-3-5-7-15;;/h3-7,13-14,16H,8-12,18H2,1-2H3,(H,19,21);2*1H. The Morgan fingerprint density at radius 3 is 2.30 bits per heavy atom. The first-order chi connectivity index (χ1) is 10.1. The quantitative estimate of drug-likeness (QED) is 0.847. The van der Waals surface area contributed by atoms with Gasteiger partial charge in [-0.25, -0.2) is 0 Å². The Labute approximate surface area is 152 Å². The minimum absolute atomic E-state index is 0. The van der Waals surface area contributed by atoms with E-state index in [2.05, 4.69) is 47.5 Å². The molecule has 1 saturated heterocycles. The molecule has 1 heterocycles. The smallest absolute Gasteiger partial charge is 0.221 e. The first kappa shape index (κ1) is 22.2. The van der Waals surface area contributed by atoms with Crippen molar-refractivity contribution >= 4 is 30.7 Å². The molecule has 1 aromatic rings. The molecule has 2 rings (SSSR count). The average Bonchev–Trinajstić information content (AvgIpc) is 2.47. The lowest BCUT2D eigenvalue weighted by Gasteiger charge is -2.36. The second kappa shape index (κ2) is 10.9. The van der Waals surface area contributed by atoms with E-state index in [1.807, 2.05) is 6.92 Å². The van der Waals surface area contributed by atoms with Gasteiger partial charge in [-0.1, -0.05) is 30.3 Å². The average molecular weight is 362 g/mol. The molecule has 4 nitrogen and oxygen atoms in total. The summed E-state index contributed by atoms with van der Waals surface area (Å²) in [7, 11) is 0. The zero-order valence-electron chi connectivity index (χ0n) is 13.9. The van der Waals surface area contributed by atoms with Gasteiger partial charge in [0.25, 0.3) is 0 Å². The van der Waals surface area contributed by atoms with Crippen molar-refractivity contribution in [3.8, 4) is 0 Å².